The van der Waals surface area contributed by atoms with E-state index in [0.717, 1.165) is 73.3 Å². The molecule has 2 aromatic carbocycles. The Morgan fingerprint density at radius 1 is 0.966 bits per heavy atom. The van der Waals surface area contributed by atoms with Gasteiger partial charge in [-0.25, -0.2) is 9.97 Å². The molecule has 2 fully saturated rings. The van der Waals surface area contributed by atoms with E-state index in [-0.39, 0.29) is 41.3 Å². The van der Waals surface area contributed by atoms with Crippen molar-refractivity contribution in [3.63, 3.8) is 0 Å². The maximum Gasteiger partial charge on any atom is 0.263 e. The van der Waals surface area contributed by atoms with Gasteiger partial charge >= 0.3 is 0 Å². The highest BCUT2D eigenvalue weighted by Gasteiger charge is 2.45. The highest BCUT2D eigenvalue weighted by Crippen LogP contribution is 2.43. The largest absolute Gasteiger partial charge is 0.452 e. The van der Waals surface area contributed by atoms with Crippen LogP contribution in [0.5, 0.6) is 0 Å². The van der Waals surface area contributed by atoms with E-state index in [1.165, 1.54) is 0 Å². The van der Waals surface area contributed by atoms with Gasteiger partial charge in [-0.1, -0.05) is 31.8 Å². The van der Waals surface area contributed by atoms with Gasteiger partial charge in [0.25, 0.3) is 17.6 Å². The number of imidazole rings is 1. The van der Waals surface area contributed by atoms with Crippen molar-refractivity contribution >= 4 is 42.9 Å². The lowest BCUT2D eigenvalue weighted by Crippen LogP contribution is -2.59. The van der Waals surface area contributed by atoms with Crippen molar-refractivity contribution in [2.75, 3.05) is 54.6 Å². The number of fused-ring (bicyclic) bond motifs is 3. The fourth-order valence-corrected chi connectivity index (χ4v) is 8.87. The summed E-state index contributed by atoms with van der Waals surface area (Å²) in [5, 5.41) is 3.03. The Kier molecular flexibility index (Phi) is 10.7. The van der Waals surface area contributed by atoms with Crippen molar-refractivity contribution in [2.45, 2.75) is 72.4 Å². The molecule has 0 bridgehead atoms. The zero-order chi connectivity index (χ0) is 40.8. The van der Waals surface area contributed by atoms with Crippen LogP contribution in [0.2, 0.25) is 25.7 Å². The minimum absolute atomic E-state index is 0.182. The monoisotopic (exact) mass is 800 g/mol. The number of nitrogens with one attached hydrogen (secondary N) is 1. The van der Waals surface area contributed by atoms with Crippen molar-refractivity contribution in [1.82, 2.24) is 14.5 Å². The molecule has 1 N–H and O–H groups in total. The van der Waals surface area contributed by atoms with Crippen molar-refractivity contribution in [3.05, 3.63) is 112 Å². The SMILES string of the molecule is Cc1cnc(N2CC3(CCOCC3)C2)c(C(=O)Nc2ccc(C(=O)N3CCc4cc(C(=O)c5nc(C)c(C)n5COCC[Si](C)(C)C)oc4-c4ccccc43)cc2)c1. The van der Waals surface area contributed by atoms with E-state index in [1.807, 2.05) is 55.7 Å². The molecule has 8 rings (SSSR count). The van der Waals surface area contributed by atoms with E-state index < -0.39 is 8.07 Å². The average Bonchev–Trinajstić information content (AvgIpc) is 3.70. The summed E-state index contributed by atoms with van der Waals surface area (Å²) < 4.78 is 19.8. The normalized spacial score (nSPS) is 16.0. The predicted octanol–water partition coefficient (Wildman–Crippen LogP) is 8.08. The number of furan rings is 1. The Balaban J connectivity index is 0.969. The molecule has 0 atom stereocenters. The summed E-state index contributed by atoms with van der Waals surface area (Å²) in [6, 6.07) is 19.3. The van der Waals surface area contributed by atoms with E-state index in [9.17, 15) is 14.4 Å². The number of amides is 2. The van der Waals surface area contributed by atoms with E-state index in [0.29, 0.717) is 53.7 Å². The Morgan fingerprint density at radius 2 is 1.71 bits per heavy atom. The molecule has 3 aliphatic heterocycles. The third-order valence-corrected chi connectivity index (χ3v) is 13.4. The Labute approximate surface area is 340 Å². The lowest BCUT2D eigenvalue weighted by molar-refractivity contribution is -0.000511. The summed E-state index contributed by atoms with van der Waals surface area (Å²) >= 11 is 0. The average molecular weight is 801 g/mol. The highest BCUT2D eigenvalue weighted by molar-refractivity contribution is 6.76. The smallest absolute Gasteiger partial charge is 0.263 e. The molecule has 1 spiro atoms. The summed E-state index contributed by atoms with van der Waals surface area (Å²) in [6.07, 6.45) is 4.34. The van der Waals surface area contributed by atoms with Crippen LogP contribution in [0.4, 0.5) is 17.2 Å². The Morgan fingerprint density at radius 3 is 2.45 bits per heavy atom. The van der Waals surface area contributed by atoms with Crippen LogP contribution in [-0.2, 0) is 22.6 Å². The van der Waals surface area contributed by atoms with Crippen LogP contribution >= 0.6 is 0 Å². The van der Waals surface area contributed by atoms with Gasteiger partial charge in [-0.2, -0.15) is 0 Å². The van der Waals surface area contributed by atoms with E-state index in [2.05, 4.69) is 39.8 Å². The van der Waals surface area contributed by atoms with Gasteiger partial charge in [-0.05, 0) is 100 Å². The van der Waals surface area contributed by atoms with Crippen molar-refractivity contribution in [1.29, 1.82) is 0 Å². The fraction of sp³-hybridized carbons (Fsp3) is 0.400. The van der Waals surface area contributed by atoms with Gasteiger partial charge < -0.3 is 33.6 Å². The van der Waals surface area contributed by atoms with Crippen LogP contribution < -0.4 is 15.1 Å². The molecule has 0 radical (unpaired) electrons. The molecule has 0 saturated carbocycles. The lowest BCUT2D eigenvalue weighted by Gasteiger charge is -2.53. The van der Waals surface area contributed by atoms with Gasteiger partial charge in [0.05, 0.1) is 16.9 Å². The number of pyridine rings is 1. The van der Waals surface area contributed by atoms with Gasteiger partial charge in [0.15, 0.2) is 11.6 Å². The summed E-state index contributed by atoms with van der Waals surface area (Å²) in [5.41, 5.74) is 6.63. The topological polar surface area (TPSA) is 132 Å². The number of benzene rings is 2. The minimum atomic E-state index is -1.27. The molecule has 58 heavy (non-hydrogen) atoms. The fourth-order valence-electron chi connectivity index (χ4n) is 8.11. The summed E-state index contributed by atoms with van der Waals surface area (Å²) in [6.45, 7) is 17.2. The van der Waals surface area contributed by atoms with Gasteiger partial charge in [-0.15, -0.1) is 0 Å². The molecule has 302 valence electrons. The van der Waals surface area contributed by atoms with Gasteiger partial charge in [0.2, 0.25) is 0 Å². The first-order chi connectivity index (χ1) is 27.8. The molecular weight excluding hydrogens is 749 g/mol. The molecule has 2 amide bonds. The summed E-state index contributed by atoms with van der Waals surface area (Å²) in [7, 11) is -1.27. The number of para-hydroxylation sites is 1. The quantitative estimate of drug-likeness (QED) is 0.0800. The molecule has 2 saturated heterocycles. The van der Waals surface area contributed by atoms with Crippen LogP contribution in [0.15, 0.2) is 71.3 Å². The Bertz CT molecular complexity index is 2360. The Hall–Kier alpha value is -5.37. The number of aryl methyl sites for hydroxylation is 2. The lowest BCUT2D eigenvalue weighted by atomic mass is 9.73. The second-order valence-electron chi connectivity index (χ2n) is 17.3. The number of ketones is 1. The second-order valence-corrected chi connectivity index (χ2v) is 22.9. The first-order valence-corrected chi connectivity index (χ1v) is 23.9. The zero-order valence-electron chi connectivity index (χ0n) is 34.3. The standard InChI is InChI=1S/C45H52N6O6Si/c1-29-23-36(41(46-25-29)49-26-45(27-49)16-19-55-20-17-45)43(53)48-34-13-11-32(12-14-34)44(54)50-18-15-33-24-38(57-40(33)35-9-7-8-10-37(35)50)39(52)42-47-30(2)31(3)51(42)28-56-21-22-58(4,5)6/h7-14,23-25H,15-22,26-28H2,1-6H3,(H,48,53). The van der Waals surface area contributed by atoms with Crippen molar-refractivity contribution < 1.29 is 28.3 Å². The molecule has 0 aliphatic carbocycles. The van der Waals surface area contributed by atoms with Crippen LogP contribution in [0.25, 0.3) is 11.3 Å². The molecule has 13 heteroatoms. The van der Waals surface area contributed by atoms with Crippen molar-refractivity contribution in [2.24, 2.45) is 5.41 Å². The second kappa shape index (κ2) is 15.8. The number of carbonyl (C=O) groups excluding carboxylic acids is 3. The molecule has 5 aromatic rings. The van der Waals surface area contributed by atoms with Crippen molar-refractivity contribution in [3.8, 4) is 11.3 Å². The number of nitrogens with zero attached hydrogens (tertiary/aromatic N) is 5. The number of aromatic nitrogens is 3. The molecule has 0 unspecified atom stereocenters. The molecule has 6 heterocycles. The van der Waals surface area contributed by atoms with Crippen LogP contribution in [0.3, 0.4) is 0 Å². The number of rotatable bonds is 11. The van der Waals surface area contributed by atoms with Crippen LogP contribution in [0, 0.1) is 26.2 Å². The molecule has 3 aliphatic rings. The molecule has 12 nitrogen and oxygen atoms in total. The van der Waals surface area contributed by atoms with Gasteiger partial charge in [0, 0.05) is 87.2 Å². The molecule has 3 aromatic heterocycles. The van der Waals surface area contributed by atoms with Gasteiger partial charge in [-0.3, -0.25) is 14.4 Å². The third-order valence-electron chi connectivity index (χ3n) is 11.7. The summed E-state index contributed by atoms with van der Waals surface area (Å²) in [4.78, 5) is 55.1. The molecular formula is C45H52N6O6Si. The first kappa shape index (κ1) is 39.5. The zero-order valence-corrected chi connectivity index (χ0v) is 35.3. The van der Waals surface area contributed by atoms with Gasteiger partial charge in [0.1, 0.15) is 18.3 Å². The number of anilines is 3. The summed E-state index contributed by atoms with van der Waals surface area (Å²) in [5.74, 6) is 1.01. The number of hydrogen-bond donors (Lipinski definition) is 1. The maximum absolute atomic E-state index is 14.2. The number of hydrogen-bond acceptors (Lipinski definition) is 9. The maximum atomic E-state index is 14.2. The number of carbonyl (C=O) groups is 3. The van der Waals surface area contributed by atoms with Crippen LogP contribution in [-0.4, -0.2) is 79.7 Å². The number of ether oxygens (including phenoxy) is 2. The highest BCUT2D eigenvalue weighted by atomic mass is 28.3. The third kappa shape index (κ3) is 7.90. The van der Waals surface area contributed by atoms with E-state index in [1.54, 1.807) is 41.4 Å². The van der Waals surface area contributed by atoms with E-state index in [4.69, 9.17) is 13.9 Å². The minimum Gasteiger partial charge on any atom is -0.452 e. The van der Waals surface area contributed by atoms with Crippen LogP contribution in [0.1, 0.15) is 72.5 Å². The first-order valence-electron chi connectivity index (χ1n) is 20.2. The van der Waals surface area contributed by atoms with E-state index >= 15 is 0 Å². The predicted molar refractivity (Wildman–Crippen MR) is 227 cm³/mol.